The second kappa shape index (κ2) is 3.30. The SMILES string of the molecule is Nc1ncc2c(n1)=CC(N)(C1C3COCC31)CC=2. The summed E-state index contributed by atoms with van der Waals surface area (Å²) in [6, 6.07) is 0. The van der Waals surface area contributed by atoms with E-state index < -0.39 is 0 Å². The van der Waals surface area contributed by atoms with Gasteiger partial charge in [-0.3, -0.25) is 0 Å². The third kappa shape index (κ3) is 1.34. The van der Waals surface area contributed by atoms with E-state index in [1.165, 1.54) is 0 Å². The highest BCUT2D eigenvalue weighted by atomic mass is 16.5. The molecule has 3 atom stereocenters. The molecule has 1 aliphatic heterocycles. The summed E-state index contributed by atoms with van der Waals surface area (Å²) >= 11 is 0. The summed E-state index contributed by atoms with van der Waals surface area (Å²) in [4.78, 5) is 8.29. The lowest BCUT2D eigenvalue weighted by Crippen LogP contribution is -2.49. The van der Waals surface area contributed by atoms with E-state index in [-0.39, 0.29) is 5.54 Å². The van der Waals surface area contributed by atoms with Crippen LogP contribution in [0.4, 0.5) is 5.95 Å². The van der Waals surface area contributed by atoms with Crippen LogP contribution in [0.15, 0.2) is 6.20 Å². The van der Waals surface area contributed by atoms with Gasteiger partial charge in [-0.25, -0.2) is 9.97 Å². The highest BCUT2D eigenvalue weighted by Crippen LogP contribution is 2.56. The summed E-state index contributed by atoms with van der Waals surface area (Å²) < 4.78 is 5.44. The smallest absolute Gasteiger partial charge is 0.220 e. The Balaban J connectivity index is 1.77. The predicted octanol–water partition coefficient (Wildman–Crippen LogP) is -1.39. The van der Waals surface area contributed by atoms with Crippen LogP contribution in [0.2, 0.25) is 0 Å². The Bertz CT molecular complexity index is 618. The number of hydrogen-bond donors (Lipinski definition) is 2. The molecule has 2 heterocycles. The molecule has 5 nitrogen and oxygen atoms in total. The van der Waals surface area contributed by atoms with Crippen molar-refractivity contribution in [3.05, 3.63) is 16.8 Å². The van der Waals surface area contributed by atoms with E-state index in [1.807, 2.05) is 0 Å². The minimum atomic E-state index is -0.285. The molecule has 0 amide bonds. The Kier molecular flexibility index (Phi) is 1.92. The van der Waals surface area contributed by atoms with Crippen molar-refractivity contribution in [1.29, 1.82) is 0 Å². The van der Waals surface area contributed by atoms with Crippen molar-refractivity contribution in [3.8, 4) is 0 Å². The Morgan fingerprint density at radius 3 is 2.89 bits per heavy atom. The number of fused-ring (bicyclic) bond motifs is 2. The number of nitrogen functional groups attached to an aromatic ring is 1. The average molecular weight is 244 g/mol. The van der Waals surface area contributed by atoms with E-state index >= 15 is 0 Å². The molecule has 1 aromatic heterocycles. The largest absolute Gasteiger partial charge is 0.381 e. The molecule has 1 aromatic rings. The molecule has 4 N–H and O–H groups in total. The molecule has 5 heteroatoms. The Labute approximate surface area is 105 Å². The van der Waals surface area contributed by atoms with Gasteiger partial charge in [0.2, 0.25) is 5.95 Å². The molecule has 3 aliphatic rings. The van der Waals surface area contributed by atoms with Gasteiger partial charge in [-0.1, -0.05) is 6.08 Å². The van der Waals surface area contributed by atoms with Crippen LogP contribution in [0.5, 0.6) is 0 Å². The normalized spacial score (nSPS) is 40.4. The summed E-state index contributed by atoms with van der Waals surface area (Å²) in [7, 11) is 0. The van der Waals surface area contributed by atoms with Crippen LogP contribution < -0.4 is 22.0 Å². The molecule has 0 spiro atoms. The number of anilines is 1. The van der Waals surface area contributed by atoms with Crippen LogP contribution in [0.1, 0.15) is 6.42 Å². The average Bonchev–Trinajstić information content (AvgIpc) is 2.86. The Morgan fingerprint density at radius 1 is 1.33 bits per heavy atom. The van der Waals surface area contributed by atoms with E-state index in [1.54, 1.807) is 6.20 Å². The molecule has 3 unspecified atom stereocenters. The van der Waals surface area contributed by atoms with Gasteiger partial charge in [0.1, 0.15) is 0 Å². The quantitative estimate of drug-likeness (QED) is 0.635. The van der Waals surface area contributed by atoms with Gasteiger partial charge >= 0.3 is 0 Å². The maximum absolute atomic E-state index is 6.58. The number of hydrogen-bond acceptors (Lipinski definition) is 5. The van der Waals surface area contributed by atoms with Crippen LogP contribution in [0.3, 0.4) is 0 Å². The van der Waals surface area contributed by atoms with Gasteiger partial charge in [-0.2, -0.15) is 0 Å². The van der Waals surface area contributed by atoms with Crippen LogP contribution in [-0.4, -0.2) is 28.7 Å². The van der Waals surface area contributed by atoms with Crippen molar-refractivity contribution in [3.63, 3.8) is 0 Å². The van der Waals surface area contributed by atoms with Gasteiger partial charge in [-0.15, -0.1) is 0 Å². The summed E-state index contributed by atoms with van der Waals surface area (Å²) in [6.45, 7) is 1.72. The zero-order chi connectivity index (χ0) is 12.3. The summed E-state index contributed by atoms with van der Waals surface area (Å²) in [5, 5.41) is 1.91. The number of nitrogens with two attached hydrogens (primary N) is 2. The first-order valence-corrected chi connectivity index (χ1v) is 6.36. The van der Waals surface area contributed by atoms with Crippen molar-refractivity contribution < 1.29 is 4.74 Å². The van der Waals surface area contributed by atoms with Crippen LogP contribution in [0, 0.1) is 17.8 Å². The molecule has 2 aliphatic carbocycles. The number of nitrogens with zero attached hydrogens (tertiary/aromatic N) is 2. The second-order valence-electron chi connectivity index (χ2n) is 5.62. The first-order chi connectivity index (χ1) is 8.67. The fourth-order valence-corrected chi connectivity index (χ4v) is 3.56. The Morgan fingerprint density at radius 2 is 2.11 bits per heavy atom. The highest BCUT2D eigenvalue weighted by molar-refractivity contribution is 5.49. The van der Waals surface area contributed by atoms with E-state index in [2.05, 4.69) is 22.1 Å². The van der Waals surface area contributed by atoms with Gasteiger partial charge in [0.05, 0.1) is 18.6 Å². The van der Waals surface area contributed by atoms with Gasteiger partial charge in [0.15, 0.2) is 0 Å². The first-order valence-electron chi connectivity index (χ1n) is 6.36. The lowest BCUT2D eigenvalue weighted by molar-refractivity contribution is 0.141. The van der Waals surface area contributed by atoms with Gasteiger partial charge in [0.25, 0.3) is 0 Å². The fourth-order valence-electron chi connectivity index (χ4n) is 3.56. The van der Waals surface area contributed by atoms with Crippen molar-refractivity contribution in [1.82, 2.24) is 9.97 Å². The summed E-state index contributed by atoms with van der Waals surface area (Å²) in [5.74, 6) is 2.12. The molecule has 0 aromatic carbocycles. The monoisotopic (exact) mass is 244 g/mol. The van der Waals surface area contributed by atoms with E-state index in [9.17, 15) is 0 Å². The lowest BCUT2D eigenvalue weighted by Gasteiger charge is -2.28. The Hall–Kier alpha value is -1.46. The van der Waals surface area contributed by atoms with E-state index in [0.717, 1.165) is 30.2 Å². The van der Waals surface area contributed by atoms with Crippen molar-refractivity contribution in [2.45, 2.75) is 12.0 Å². The maximum Gasteiger partial charge on any atom is 0.220 e. The second-order valence-corrected chi connectivity index (χ2v) is 5.62. The molecule has 0 radical (unpaired) electrons. The zero-order valence-electron chi connectivity index (χ0n) is 10.0. The number of rotatable bonds is 1. The molecule has 2 fully saturated rings. The standard InChI is InChI=1S/C13H16N4O/c14-12-16-4-7-1-2-13(15,3-10(7)17-12)11-8-5-18-6-9(8)11/h1,3-4,8-9,11H,2,5-6,15H2,(H2,14,17). The topological polar surface area (TPSA) is 87.0 Å². The predicted molar refractivity (Wildman–Crippen MR) is 67.4 cm³/mol. The molecule has 1 saturated heterocycles. The fraction of sp³-hybridized carbons (Fsp3) is 0.538. The number of aromatic nitrogens is 2. The number of ether oxygens (including phenoxy) is 1. The molecule has 4 rings (SSSR count). The molecular weight excluding hydrogens is 228 g/mol. The minimum Gasteiger partial charge on any atom is -0.381 e. The van der Waals surface area contributed by atoms with Crippen LogP contribution in [0.25, 0.3) is 12.2 Å². The van der Waals surface area contributed by atoms with Gasteiger partial charge in [-0.05, 0) is 30.3 Å². The molecule has 1 saturated carbocycles. The molecule has 18 heavy (non-hydrogen) atoms. The third-order valence-corrected chi connectivity index (χ3v) is 4.52. The zero-order valence-corrected chi connectivity index (χ0v) is 10.0. The van der Waals surface area contributed by atoms with Gasteiger partial charge in [0, 0.05) is 17.0 Å². The molecular formula is C13H16N4O. The van der Waals surface area contributed by atoms with E-state index in [4.69, 9.17) is 16.2 Å². The van der Waals surface area contributed by atoms with E-state index in [0.29, 0.717) is 23.7 Å². The van der Waals surface area contributed by atoms with Crippen molar-refractivity contribution in [2.75, 3.05) is 18.9 Å². The molecule has 94 valence electrons. The summed E-state index contributed by atoms with van der Waals surface area (Å²) in [6.07, 6.45) is 6.84. The molecule has 0 bridgehead atoms. The van der Waals surface area contributed by atoms with Crippen molar-refractivity contribution in [2.24, 2.45) is 23.5 Å². The summed E-state index contributed by atoms with van der Waals surface area (Å²) in [5.41, 5.74) is 11.9. The van der Waals surface area contributed by atoms with Crippen LogP contribution >= 0.6 is 0 Å². The highest BCUT2D eigenvalue weighted by Gasteiger charge is 2.61. The first kappa shape index (κ1) is 10.5. The lowest BCUT2D eigenvalue weighted by atomic mass is 9.85. The van der Waals surface area contributed by atoms with Crippen molar-refractivity contribution >= 4 is 18.1 Å². The van der Waals surface area contributed by atoms with Gasteiger partial charge < -0.3 is 16.2 Å². The van der Waals surface area contributed by atoms with Crippen LogP contribution in [-0.2, 0) is 4.74 Å². The maximum atomic E-state index is 6.58. The minimum absolute atomic E-state index is 0.285. The third-order valence-electron chi connectivity index (χ3n) is 4.52.